The van der Waals surface area contributed by atoms with Gasteiger partial charge in [-0.15, -0.1) is 0 Å². The van der Waals surface area contributed by atoms with Crippen molar-refractivity contribution >= 4 is 20.0 Å². The van der Waals surface area contributed by atoms with Gasteiger partial charge in [-0.25, -0.2) is 8.42 Å². The summed E-state index contributed by atoms with van der Waals surface area (Å²) in [5, 5.41) is 0. The summed E-state index contributed by atoms with van der Waals surface area (Å²) in [7, 11) is -7.99. The van der Waals surface area contributed by atoms with Crippen LogP contribution in [0.4, 0.5) is 0 Å². The maximum absolute atomic E-state index is 12.1. The van der Waals surface area contributed by atoms with Crippen LogP contribution in [0.2, 0.25) is 0 Å². The molecular weight excluding hydrogens is 336 g/mol. The molecule has 0 radical (unpaired) electrons. The fraction of sp³-hybridized carbons (Fsp3) is 0.625. The normalized spacial score (nSPS) is 11.0. The zero-order valence-corrected chi connectivity index (χ0v) is 16.8. The van der Waals surface area contributed by atoms with E-state index in [0.29, 0.717) is 12.0 Å². The van der Waals surface area contributed by atoms with Crippen molar-refractivity contribution in [3.63, 3.8) is 0 Å². The van der Waals surface area contributed by atoms with Crippen molar-refractivity contribution in [2.45, 2.75) is 59.8 Å². The van der Waals surface area contributed by atoms with Gasteiger partial charge >= 0.3 is 0 Å². The molecule has 0 amide bonds. The van der Waals surface area contributed by atoms with E-state index in [9.17, 15) is 16.8 Å². The minimum atomic E-state index is -4.28. The third-order valence-corrected chi connectivity index (χ3v) is 5.79. The highest BCUT2D eigenvalue weighted by Crippen LogP contribution is 2.22. The molecule has 1 aromatic rings. The molecule has 1 rings (SSSR count). The van der Waals surface area contributed by atoms with Crippen molar-refractivity contribution in [2.75, 3.05) is 11.5 Å². The second kappa shape index (κ2) is 10.8. The van der Waals surface area contributed by atoms with Gasteiger partial charge < -0.3 is 0 Å². The zero-order chi connectivity index (χ0) is 18.8. The van der Waals surface area contributed by atoms with Crippen molar-refractivity contribution in [3.8, 4) is 0 Å². The third kappa shape index (κ3) is 8.48. The SMILES string of the molecule is CC.CC.CCc1cc(S(=O)(=O)CCS(=O)(=O)O)c(C)cc1C. The lowest BCUT2D eigenvalue weighted by atomic mass is 10.0. The largest absolute Gasteiger partial charge is 0.286 e. The Kier molecular flexibility index (Phi) is 11.4. The molecular formula is C16H30O5S2. The highest BCUT2D eigenvalue weighted by molar-refractivity contribution is 7.93. The average molecular weight is 367 g/mol. The van der Waals surface area contributed by atoms with Gasteiger partial charge in [0.25, 0.3) is 10.1 Å². The van der Waals surface area contributed by atoms with E-state index in [2.05, 4.69) is 0 Å². The molecule has 0 aliphatic rings. The van der Waals surface area contributed by atoms with Crippen LogP contribution in [0, 0.1) is 13.8 Å². The van der Waals surface area contributed by atoms with Crippen molar-refractivity contribution in [1.29, 1.82) is 0 Å². The molecule has 0 fully saturated rings. The van der Waals surface area contributed by atoms with E-state index >= 15 is 0 Å². The standard InChI is InChI=1S/C12H18O5S2.2C2H6/c1-4-11-8-12(10(3)7-9(11)2)18(13,14)5-6-19(15,16)17;2*1-2/h7-8H,4-6H2,1-3H3,(H,15,16,17);2*1-2H3. The van der Waals surface area contributed by atoms with Gasteiger partial charge in [0.2, 0.25) is 0 Å². The third-order valence-electron chi connectivity index (χ3n) is 2.96. The van der Waals surface area contributed by atoms with Crippen molar-refractivity contribution in [3.05, 3.63) is 28.8 Å². The molecule has 0 aliphatic heterocycles. The lowest BCUT2D eigenvalue weighted by molar-refractivity contribution is 0.484. The van der Waals surface area contributed by atoms with Crippen LogP contribution in [0.25, 0.3) is 0 Å². The molecule has 0 unspecified atom stereocenters. The minimum absolute atomic E-state index is 0.138. The molecule has 23 heavy (non-hydrogen) atoms. The first-order valence-electron chi connectivity index (χ1n) is 7.85. The lowest BCUT2D eigenvalue weighted by Gasteiger charge is -2.11. The van der Waals surface area contributed by atoms with E-state index in [1.165, 1.54) is 0 Å². The summed E-state index contributed by atoms with van der Waals surface area (Å²) in [6, 6.07) is 3.36. The predicted molar refractivity (Wildman–Crippen MR) is 96.5 cm³/mol. The average Bonchev–Trinajstić information content (AvgIpc) is 2.49. The maximum atomic E-state index is 12.1. The Morgan fingerprint density at radius 3 is 1.74 bits per heavy atom. The van der Waals surface area contributed by atoms with Crippen LogP contribution in [0.3, 0.4) is 0 Å². The van der Waals surface area contributed by atoms with Crippen LogP contribution in [0.1, 0.15) is 51.3 Å². The lowest BCUT2D eigenvalue weighted by Crippen LogP contribution is -2.17. The minimum Gasteiger partial charge on any atom is -0.286 e. The highest BCUT2D eigenvalue weighted by Gasteiger charge is 2.21. The van der Waals surface area contributed by atoms with Gasteiger partial charge in [0.15, 0.2) is 9.84 Å². The van der Waals surface area contributed by atoms with Crippen LogP contribution in [-0.4, -0.2) is 32.9 Å². The van der Waals surface area contributed by atoms with Crippen LogP contribution < -0.4 is 0 Å². The van der Waals surface area contributed by atoms with Crippen LogP contribution in [0.5, 0.6) is 0 Å². The van der Waals surface area contributed by atoms with Gasteiger partial charge in [0.05, 0.1) is 16.4 Å². The predicted octanol–water partition coefficient (Wildman–Crippen LogP) is 3.58. The van der Waals surface area contributed by atoms with Crippen molar-refractivity contribution < 1.29 is 21.4 Å². The van der Waals surface area contributed by atoms with Gasteiger partial charge in [-0.05, 0) is 43.0 Å². The van der Waals surface area contributed by atoms with Gasteiger partial charge in [0.1, 0.15) is 0 Å². The number of aryl methyl sites for hydroxylation is 3. The summed E-state index contributed by atoms with van der Waals surface area (Å²) in [4.78, 5) is 0.138. The second-order valence-corrected chi connectivity index (χ2v) is 8.15. The number of rotatable bonds is 5. The molecule has 0 atom stereocenters. The van der Waals surface area contributed by atoms with Gasteiger partial charge in [0, 0.05) is 0 Å². The summed E-state index contributed by atoms with van der Waals surface area (Å²) in [5.74, 6) is -1.40. The number of hydrogen-bond donors (Lipinski definition) is 1. The quantitative estimate of drug-likeness (QED) is 0.805. The van der Waals surface area contributed by atoms with Crippen molar-refractivity contribution in [2.24, 2.45) is 0 Å². The molecule has 0 bridgehead atoms. The van der Waals surface area contributed by atoms with E-state index in [-0.39, 0.29) is 4.90 Å². The Bertz CT molecular complexity index is 675. The van der Waals surface area contributed by atoms with E-state index in [0.717, 1.165) is 11.1 Å². The van der Waals surface area contributed by atoms with Crippen molar-refractivity contribution in [1.82, 2.24) is 0 Å². The molecule has 0 heterocycles. The maximum Gasteiger partial charge on any atom is 0.265 e. The van der Waals surface area contributed by atoms with Gasteiger partial charge in [-0.1, -0.05) is 40.7 Å². The van der Waals surface area contributed by atoms with Crippen LogP contribution in [-0.2, 0) is 26.4 Å². The summed E-state index contributed by atoms with van der Waals surface area (Å²) in [6.07, 6.45) is 0.701. The molecule has 1 N–H and O–H groups in total. The summed E-state index contributed by atoms with van der Waals surface area (Å²) in [5.41, 5.74) is 2.51. The molecule has 7 heteroatoms. The molecule has 0 aliphatic carbocycles. The van der Waals surface area contributed by atoms with Gasteiger partial charge in [-0.3, -0.25) is 4.55 Å². The van der Waals surface area contributed by atoms with Crippen LogP contribution in [0.15, 0.2) is 17.0 Å². The fourth-order valence-electron chi connectivity index (χ4n) is 1.92. The number of hydrogen-bond acceptors (Lipinski definition) is 4. The Hall–Kier alpha value is -0.920. The first-order valence-corrected chi connectivity index (χ1v) is 11.1. The smallest absolute Gasteiger partial charge is 0.265 e. The topological polar surface area (TPSA) is 88.5 Å². The molecule has 0 spiro atoms. The number of benzene rings is 1. The Labute approximate surface area is 141 Å². The Balaban J connectivity index is 0. The number of sulfone groups is 1. The van der Waals surface area contributed by atoms with E-state index in [1.54, 1.807) is 19.1 Å². The first-order chi connectivity index (χ1) is 10.6. The second-order valence-electron chi connectivity index (χ2n) is 4.50. The highest BCUT2D eigenvalue weighted by atomic mass is 32.2. The summed E-state index contributed by atoms with van der Waals surface area (Å²) < 4.78 is 54.2. The molecule has 0 aromatic heterocycles. The monoisotopic (exact) mass is 366 g/mol. The summed E-state index contributed by atoms with van der Waals surface area (Å²) in [6.45, 7) is 13.5. The molecule has 0 saturated carbocycles. The Morgan fingerprint density at radius 1 is 0.870 bits per heavy atom. The first kappa shape index (κ1) is 24.3. The zero-order valence-electron chi connectivity index (χ0n) is 15.2. The molecule has 0 saturated heterocycles. The van der Waals surface area contributed by atoms with E-state index < -0.39 is 31.5 Å². The molecule has 136 valence electrons. The van der Waals surface area contributed by atoms with Gasteiger partial charge in [-0.2, -0.15) is 8.42 Å². The fourth-order valence-corrected chi connectivity index (χ4v) is 4.73. The van der Waals surface area contributed by atoms with Crippen LogP contribution >= 0.6 is 0 Å². The van der Waals surface area contributed by atoms with E-state index in [4.69, 9.17) is 4.55 Å². The Morgan fingerprint density at radius 2 is 1.35 bits per heavy atom. The molecule has 1 aromatic carbocycles. The summed E-state index contributed by atoms with van der Waals surface area (Å²) >= 11 is 0. The van der Waals surface area contributed by atoms with E-state index in [1.807, 2.05) is 41.5 Å². The molecule has 5 nitrogen and oxygen atoms in total.